The molecule has 3 amide bonds. The number of amides is 3. The summed E-state index contributed by atoms with van der Waals surface area (Å²) < 4.78 is 11.9. The first-order valence-electron chi connectivity index (χ1n) is 10.8. The molecule has 0 radical (unpaired) electrons. The number of benzene rings is 2. The molecule has 1 fully saturated rings. The summed E-state index contributed by atoms with van der Waals surface area (Å²) in [5.74, 6) is -1.37. The van der Waals surface area contributed by atoms with Crippen molar-refractivity contribution in [2.45, 2.75) is 32.8 Å². The molecular formula is C24H27BrN4O5. The van der Waals surface area contributed by atoms with Gasteiger partial charge in [-0.25, -0.2) is 5.43 Å². The van der Waals surface area contributed by atoms with Gasteiger partial charge in [-0.3, -0.25) is 14.4 Å². The molecule has 1 saturated heterocycles. The lowest BCUT2D eigenvalue weighted by Gasteiger charge is -2.13. The average molecular weight is 531 g/mol. The molecule has 0 spiro atoms. The van der Waals surface area contributed by atoms with Gasteiger partial charge in [0.2, 0.25) is 0 Å². The molecule has 0 aromatic heterocycles. The fraction of sp³-hybridized carbons (Fsp3) is 0.333. The molecule has 0 unspecified atom stereocenters. The van der Waals surface area contributed by atoms with E-state index in [9.17, 15) is 14.4 Å². The lowest BCUT2D eigenvalue weighted by molar-refractivity contribution is -0.139. The van der Waals surface area contributed by atoms with Gasteiger partial charge in [0.05, 0.1) is 12.3 Å². The Kier molecular flexibility index (Phi) is 9.17. The van der Waals surface area contributed by atoms with Gasteiger partial charge in [0, 0.05) is 23.3 Å². The second-order valence-electron chi connectivity index (χ2n) is 7.86. The highest BCUT2D eigenvalue weighted by atomic mass is 79.9. The van der Waals surface area contributed by atoms with E-state index in [1.54, 1.807) is 24.3 Å². The molecule has 1 aliphatic rings. The predicted octanol–water partition coefficient (Wildman–Crippen LogP) is 2.83. The molecule has 2 aromatic rings. The third kappa shape index (κ3) is 7.67. The van der Waals surface area contributed by atoms with Gasteiger partial charge < -0.3 is 20.1 Å². The zero-order chi connectivity index (χ0) is 24.5. The van der Waals surface area contributed by atoms with Crippen LogP contribution in [0.4, 0.5) is 5.69 Å². The Morgan fingerprint density at radius 2 is 1.85 bits per heavy atom. The number of rotatable bonds is 8. The first-order chi connectivity index (χ1) is 16.3. The van der Waals surface area contributed by atoms with Gasteiger partial charge in [0.25, 0.3) is 5.91 Å². The topological polar surface area (TPSA) is 118 Å². The van der Waals surface area contributed by atoms with Crippen molar-refractivity contribution in [3.8, 4) is 5.75 Å². The highest BCUT2D eigenvalue weighted by molar-refractivity contribution is 9.10. The van der Waals surface area contributed by atoms with Crippen molar-refractivity contribution in [2.75, 3.05) is 25.1 Å². The van der Waals surface area contributed by atoms with Gasteiger partial charge in [-0.05, 0) is 79.8 Å². The minimum absolute atomic E-state index is 0.0407. The van der Waals surface area contributed by atoms with Gasteiger partial charge in [0.1, 0.15) is 5.75 Å². The second-order valence-corrected chi connectivity index (χ2v) is 8.78. The van der Waals surface area contributed by atoms with Crippen molar-refractivity contribution in [3.05, 3.63) is 57.6 Å². The van der Waals surface area contributed by atoms with Crippen LogP contribution in [0.2, 0.25) is 0 Å². The Balaban J connectivity index is 1.41. The van der Waals surface area contributed by atoms with Crippen molar-refractivity contribution in [1.29, 1.82) is 0 Å². The highest BCUT2D eigenvalue weighted by Gasteiger charge is 2.19. The third-order valence-electron chi connectivity index (χ3n) is 5.11. The number of carbonyl (C=O) groups is 3. The maximum Gasteiger partial charge on any atom is 0.329 e. The molecular weight excluding hydrogens is 504 g/mol. The summed E-state index contributed by atoms with van der Waals surface area (Å²) in [6.45, 7) is 4.69. The first-order valence-corrected chi connectivity index (χ1v) is 11.6. The molecule has 0 bridgehead atoms. The van der Waals surface area contributed by atoms with Crippen LogP contribution in [0.15, 0.2) is 46.0 Å². The number of hydrazone groups is 1. The molecule has 34 heavy (non-hydrogen) atoms. The number of hydrogen-bond donors (Lipinski definition) is 3. The van der Waals surface area contributed by atoms with E-state index in [-0.39, 0.29) is 18.6 Å². The molecule has 3 N–H and O–H groups in total. The van der Waals surface area contributed by atoms with E-state index in [1.165, 1.54) is 6.21 Å². The summed E-state index contributed by atoms with van der Waals surface area (Å²) in [6.07, 6.45) is 3.19. The Morgan fingerprint density at radius 1 is 1.15 bits per heavy atom. The number of ether oxygens (including phenoxy) is 2. The lowest BCUT2D eigenvalue weighted by Crippen LogP contribution is -2.41. The zero-order valence-electron chi connectivity index (χ0n) is 19.0. The number of aryl methyl sites for hydroxylation is 2. The van der Waals surface area contributed by atoms with E-state index in [0.717, 1.165) is 34.1 Å². The Bertz CT molecular complexity index is 1040. The molecule has 1 atom stereocenters. The van der Waals surface area contributed by atoms with Crippen molar-refractivity contribution in [1.82, 2.24) is 10.7 Å². The molecule has 10 heteroatoms. The van der Waals surface area contributed by atoms with E-state index < -0.39 is 11.8 Å². The molecule has 3 rings (SSSR count). The van der Waals surface area contributed by atoms with Crippen LogP contribution in [0.25, 0.3) is 0 Å². The summed E-state index contributed by atoms with van der Waals surface area (Å²) in [5, 5.41) is 9.19. The Labute approximate surface area is 206 Å². The molecule has 1 heterocycles. The van der Waals surface area contributed by atoms with Gasteiger partial charge in [-0.2, -0.15) is 5.10 Å². The van der Waals surface area contributed by atoms with Crippen LogP contribution < -0.4 is 20.8 Å². The van der Waals surface area contributed by atoms with Crippen LogP contribution in [0.5, 0.6) is 5.75 Å². The van der Waals surface area contributed by atoms with Crippen LogP contribution in [0.1, 0.15) is 29.5 Å². The minimum atomic E-state index is -0.850. The molecule has 0 saturated carbocycles. The summed E-state index contributed by atoms with van der Waals surface area (Å²) in [4.78, 5) is 35.8. The maximum atomic E-state index is 12.3. The minimum Gasteiger partial charge on any atom is -0.484 e. The van der Waals surface area contributed by atoms with E-state index >= 15 is 0 Å². The highest BCUT2D eigenvalue weighted by Crippen LogP contribution is 2.25. The largest absolute Gasteiger partial charge is 0.484 e. The van der Waals surface area contributed by atoms with E-state index in [0.29, 0.717) is 24.5 Å². The van der Waals surface area contributed by atoms with Crippen LogP contribution >= 0.6 is 15.9 Å². The third-order valence-corrected chi connectivity index (χ3v) is 5.57. The predicted molar refractivity (Wildman–Crippen MR) is 132 cm³/mol. The Hall–Kier alpha value is -3.24. The number of nitrogens with zero attached hydrogens (tertiary/aromatic N) is 1. The van der Waals surface area contributed by atoms with E-state index in [2.05, 4.69) is 37.1 Å². The SMILES string of the molecule is Cc1cc(Br)cc(C)c1NC(=O)COc1ccc(/C=N\NC(=O)C(=O)NC[C@H]2CCCO2)cc1. The zero-order valence-corrected chi connectivity index (χ0v) is 20.6. The molecule has 0 aliphatic carbocycles. The summed E-state index contributed by atoms with van der Waals surface area (Å²) in [7, 11) is 0. The lowest BCUT2D eigenvalue weighted by atomic mass is 10.1. The monoisotopic (exact) mass is 530 g/mol. The van der Waals surface area contributed by atoms with Gasteiger partial charge >= 0.3 is 11.8 Å². The van der Waals surface area contributed by atoms with E-state index in [1.807, 2.05) is 26.0 Å². The van der Waals surface area contributed by atoms with Crippen molar-refractivity contribution >= 4 is 45.6 Å². The standard InChI is InChI=1S/C24H27BrN4O5/c1-15-10-18(25)11-16(2)22(15)28-21(30)14-34-19-7-5-17(6-8-19)12-27-29-24(32)23(31)26-13-20-4-3-9-33-20/h5-8,10-12,20H,3-4,9,13-14H2,1-2H3,(H,26,31)(H,28,30)(H,29,32)/b27-12-/t20-/m1/s1. The van der Waals surface area contributed by atoms with Gasteiger partial charge in [-0.1, -0.05) is 15.9 Å². The van der Waals surface area contributed by atoms with Crippen LogP contribution in [-0.2, 0) is 19.1 Å². The summed E-state index contributed by atoms with van der Waals surface area (Å²) in [6, 6.07) is 10.7. The van der Waals surface area contributed by atoms with Crippen LogP contribution in [0.3, 0.4) is 0 Å². The Morgan fingerprint density at radius 3 is 2.50 bits per heavy atom. The summed E-state index contributed by atoms with van der Waals surface area (Å²) in [5.41, 5.74) is 5.55. The normalized spacial score (nSPS) is 15.2. The number of nitrogens with one attached hydrogen (secondary N) is 3. The van der Waals surface area contributed by atoms with E-state index in [4.69, 9.17) is 9.47 Å². The number of hydrogen-bond acceptors (Lipinski definition) is 6. The van der Waals surface area contributed by atoms with Crippen molar-refractivity contribution < 1.29 is 23.9 Å². The fourth-order valence-corrected chi connectivity index (χ4v) is 4.08. The van der Waals surface area contributed by atoms with Crippen molar-refractivity contribution in [3.63, 3.8) is 0 Å². The molecule has 2 aromatic carbocycles. The molecule has 1 aliphatic heterocycles. The van der Waals surface area contributed by atoms with Crippen LogP contribution in [-0.4, -0.2) is 49.8 Å². The average Bonchev–Trinajstić information content (AvgIpc) is 3.33. The fourth-order valence-electron chi connectivity index (χ4n) is 3.39. The number of halogens is 1. The van der Waals surface area contributed by atoms with Crippen molar-refractivity contribution in [2.24, 2.45) is 5.10 Å². The number of carbonyl (C=O) groups excluding carboxylic acids is 3. The number of anilines is 1. The quantitative estimate of drug-likeness (QED) is 0.275. The molecule has 180 valence electrons. The van der Waals surface area contributed by atoms with Crippen LogP contribution in [0, 0.1) is 13.8 Å². The maximum absolute atomic E-state index is 12.3. The molecule has 9 nitrogen and oxygen atoms in total. The summed E-state index contributed by atoms with van der Waals surface area (Å²) >= 11 is 3.44. The van der Waals surface area contributed by atoms with Gasteiger partial charge in [-0.15, -0.1) is 0 Å². The van der Waals surface area contributed by atoms with Gasteiger partial charge in [0.15, 0.2) is 6.61 Å². The first kappa shape index (κ1) is 25.4. The second kappa shape index (κ2) is 12.3. The smallest absolute Gasteiger partial charge is 0.329 e.